The van der Waals surface area contributed by atoms with Crippen molar-refractivity contribution in [2.75, 3.05) is 6.61 Å². The highest BCUT2D eigenvalue weighted by Crippen LogP contribution is 2.11. The van der Waals surface area contributed by atoms with Gasteiger partial charge in [-0.2, -0.15) is 0 Å². The molecule has 1 N–H and O–H groups in total. The Morgan fingerprint density at radius 2 is 1.73 bits per heavy atom. The van der Waals surface area contributed by atoms with Gasteiger partial charge in [-0.05, 0) is 24.6 Å². The molecule has 114 valence electrons. The first-order valence-electron chi connectivity index (χ1n) is 6.84. The van der Waals surface area contributed by atoms with Gasteiger partial charge >= 0.3 is 5.97 Å². The summed E-state index contributed by atoms with van der Waals surface area (Å²) in [5.74, 6) is -1.98. The van der Waals surface area contributed by atoms with Gasteiger partial charge in [0.05, 0.1) is 11.6 Å². The van der Waals surface area contributed by atoms with Crippen molar-refractivity contribution in [3.05, 3.63) is 71.5 Å². The van der Waals surface area contributed by atoms with Crippen LogP contribution in [0, 0.1) is 5.82 Å². The van der Waals surface area contributed by atoms with Crippen molar-refractivity contribution in [1.29, 1.82) is 0 Å². The van der Waals surface area contributed by atoms with Crippen molar-refractivity contribution in [3.63, 3.8) is 0 Å². The molecule has 0 aromatic heterocycles. The molecule has 0 bridgehead atoms. The first-order valence-corrected chi connectivity index (χ1v) is 6.84. The number of hydrogen-bond acceptors (Lipinski definition) is 3. The lowest BCUT2D eigenvalue weighted by Crippen LogP contribution is -2.31. The minimum absolute atomic E-state index is 0.189. The Morgan fingerprint density at radius 1 is 1.09 bits per heavy atom. The summed E-state index contributed by atoms with van der Waals surface area (Å²) in [6.45, 7) is 1.37. The van der Waals surface area contributed by atoms with Gasteiger partial charge in [0.2, 0.25) is 0 Å². The van der Waals surface area contributed by atoms with Crippen LogP contribution in [0.15, 0.2) is 54.6 Å². The second-order valence-corrected chi connectivity index (χ2v) is 4.76. The number of ether oxygens (including phenoxy) is 1. The van der Waals surface area contributed by atoms with Crippen LogP contribution in [0.5, 0.6) is 0 Å². The Hall–Kier alpha value is -2.69. The van der Waals surface area contributed by atoms with E-state index in [0.717, 1.165) is 11.6 Å². The summed E-state index contributed by atoms with van der Waals surface area (Å²) < 4.78 is 18.2. The summed E-state index contributed by atoms with van der Waals surface area (Å²) in [5.41, 5.74) is 0.752. The summed E-state index contributed by atoms with van der Waals surface area (Å²) in [5, 5.41) is 2.71. The zero-order valence-corrected chi connectivity index (χ0v) is 12.1. The monoisotopic (exact) mass is 301 g/mol. The van der Waals surface area contributed by atoms with Crippen molar-refractivity contribution in [1.82, 2.24) is 5.32 Å². The van der Waals surface area contributed by atoms with E-state index >= 15 is 0 Å². The van der Waals surface area contributed by atoms with Crippen molar-refractivity contribution in [2.45, 2.75) is 13.0 Å². The smallest absolute Gasteiger partial charge is 0.341 e. The molecule has 2 aromatic rings. The first kappa shape index (κ1) is 15.7. The lowest BCUT2D eigenvalue weighted by molar-refractivity contribution is -0.124. The van der Waals surface area contributed by atoms with Crippen LogP contribution in [0.2, 0.25) is 0 Å². The third kappa shape index (κ3) is 4.15. The van der Waals surface area contributed by atoms with E-state index < -0.39 is 24.3 Å². The largest absolute Gasteiger partial charge is 0.452 e. The predicted octanol–water partition coefficient (Wildman–Crippen LogP) is 2.86. The molecule has 2 rings (SSSR count). The minimum Gasteiger partial charge on any atom is -0.452 e. The van der Waals surface area contributed by atoms with Gasteiger partial charge in [0.1, 0.15) is 5.82 Å². The topological polar surface area (TPSA) is 55.4 Å². The fourth-order valence-corrected chi connectivity index (χ4v) is 1.94. The molecule has 1 atom stereocenters. The van der Waals surface area contributed by atoms with Crippen molar-refractivity contribution < 1.29 is 18.7 Å². The van der Waals surface area contributed by atoms with E-state index in [-0.39, 0.29) is 11.6 Å². The molecule has 0 aliphatic heterocycles. The Morgan fingerprint density at radius 3 is 2.41 bits per heavy atom. The molecule has 22 heavy (non-hydrogen) atoms. The van der Waals surface area contributed by atoms with Gasteiger partial charge in [0, 0.05) is 0 Å². The average Bonchev–Trinajstić information content (AvgIpc) is 2.54. The number of carbonyl (C=O) groups excluding carboxylic acids is 2. The van der Waals surface area contributed by atoms with E-state index in [9.17, 15) is 14.0 Å². The normalized spacial score (nSPS) is 11.5. The number of benzene rings is 2. The number of halogens is 1. The molecule has 0 saturated carbocycles. The highest BCUT2D eigenvalue weighted by Gasteiger charge is 2.15. The summed E-state index contributed by atoms with van der Waals surface area (Å²) in [7, 11) is 0. The number of carbonyl (C=O) groups is 2. The molecule has 0 radical (unpaired) electrons. The maximum Gasteiger partial charge on any atom is 0.341 e. The van der Waals surface area contributed by atoms with Crippen LogP contribution >= 0.6 is 0 Å². The third-order valence-corrected chi connectivity index (χ3v) is 3.11. The SMILES string of the molecule is C[C@@H](NC(=O)COC(=O)c1ccccc1F)c1ccccc1. The highest BCUT2D eigenvalue weighted by atomic mass is 19.1. The Kier molecular flexibility index (Phi) is 5.25. The summed E-state index contributed by atoms with van der Waals surface area (Å²) in [6, 6.07) is 14.7. The van der Waals surface area contributed by atoms with Gasteiger partial charge in [-0.3, -0.25) is 4.79 Å². The third-order valence-electron chi connectivity index (χ3n) is 3.11. The molecular weight excluding hydrogens is 285 g/mol. The molecule has 4 nitrogen and oxygen atoms in total. The zero-order chi connectivity index (χ0) is 15.9. The number of nitrogens with one attached hydrogen (secondary N) is 1. The first-order chi connectivity index (χ1) is 10.6. The van der Waals surface area contributed by atoms with E-state index in [4.69, 9.17) is 4.74 Å². The van der Waals surface area contributed by atoms with E-state index in [2.05, 4.69) is 5.32 Å². The number of rotatable bonds is 5. The number of esters is 1. The Labute approximate surface area is 127 Å². The molecule has 1 amide bonds. The Bertz CT molecular complexity index is 658. The van der Waals surface area contributed by atoms with Gasteiger partial charge in [0.15, 0.2) is 6.61 Å². The lowest BCUT2D eigenvalue weighted by atomic mass is 10.1. The van der Waals surface area contributed by atoms with E-state index in [1.165, 1.54) is 18.2 Å². The van der Waals surface area contributed by atoms with Crippen LogP contribution in [0.25, 0.3) is 0 Å². The summed E-state index contributed by atoms with van der Waals surface area (Å²) >= 11 is 0. The molecule has 0 unspecified atom stereocenters. The fourth-order valence-electron chi connectivity index (χ4n) is 1.94. The van der Waals surface area contributed by atoms with E-state index in [1.807, 2.05) is 37.3 Å². The van der Waals surface area contributed by atoms with Gasteiger partial charge < -0.3 is 10.1 Å². The van der Waals surface area contributed by atoms with Gasteiger partial charge in [0.25, 0.3) is 5.91 Å². The van der Waals surface area contributed by atoms with Crippen LogP contribution < -0.4 is 5.32 Å². The minimum atomic E-state index is -0.861. The maximum absolute atomic E-state index is 13.4. The van der Waals surface area contributed by atoms with Gasteiger partial charge in [-0.25, -0.2) is 9.18 Å². The van der Waals surface area contributed by atoms with Crippen LogP contribution in [0.3, 0.4) is 0 Å². The second kappa shape index (κ2) is 7.36. The molecule has 0 heterocycles. The second-order valence-electron chi connectivity index (χ2n) is 4.76. The zero-order valence-electron chi connectivity index (χ0n) is 12.1. The molecule has 0 aliphatic carbocycles. The summed E-state index contributed by atoms with van der Waals surface area (Å²) in [6.07, 6.45) is 0. The molecular formula is C17H16FNO3. The molecule has 0 saturated heterocycles. The lowest BCUT2D eigenvalue weighted by Gasteiger charge is -2.14. The van der Waals surface area contributed by atoms with Crippen molar-refractivity contribution in [2.24, 2.45) is 0 Å². The number of amides is 1. The summed E-state index contributed by atoms with van der Waals surface area (Å²) in [4.78, 5) is 23.4. The number of hydrogen-bond donors (Lipinski definition) is 1. The quantitative estimate of drug-likeness (QED) is 0.864. The standard InChI is InChI=1S/C17H16FNO3/c1-12(13-7-3-2-4-8-13)19-16(20)11-22-17(21)14-9-5-6-10-15(14)18/h2-10,12H,11H2,1H3,(H,19,20)/t12-/m1/s1. The molecule has 0 fully saturated rings. The predicted molar refractivity (Wildman–Crippen MR) is 79.7 cm³/mol. The maximum atomic E-state index is 13.4. The molecule has 2 aromatic carbocycles. The Balaban J connectivity index is 1.85. The van der Waals surface area contributed by atoms with E-state index in [0.29, 0.717) is 0 Å². The van der Waals surface area contributed by atoms with Gasteiger partial charge in [-0.1, -0.05) is 42.5 Å². The highest BCUT2D eigenvalue weighted by molar-refractivity contribution is 5.91. The molecule has 5 heteroatoms. The van der Waals surface area contributed by atoms with Crippen molar-refractivity contribution in [3.8, 4) is 0 Å². The van der Waals surface area contributed by atoms with Crippen LogP contribution in [0.1, 0.15) is 28.9 Å². The fraction of sp³-hybridized carbons (Fsp3) is 0.176. The molecule has 0 aliphatic rings. The van der Waals surface area contributed by atoms with Crippen molar-refractivity contribution >= 4 is 11.9 Å². The van der Waals surface area contributed by atoms with Gasteiger partial charge in [-0.15, -0.1) is 0 Å². The van der Waals surface area contributed by atoms with Crippen LogP contribution in [-0.2, 0) is 9.53 Å². The van der Waals surface area contributed by atoms with Crippen LogP contribution in [-0.4, -0.2) is 18.5 Å². The van der Waals surface area contributed by atoms with E-state index in [1.54, 1.807) is 0 Å². The average molecular weight is 301 g/mol. The van der Waals surface area contributed by atoms with Crippen LogP contribution in [0.4, 0.5) is 4.39 Å². The molecule has 0 spiro atoms.